The minimum absolute atomic E-state index is 0.0167. The summed E-state index contributed by atoms with van der Waals surface area (Å²) in [7, 11) is 0. The van der Waals surface area contributed by atoms with E-state index >= 15 is 0 Å². The number of thioether (sulfide) groups is 1. The molecular formula is C19H17IN2OS. The summed E-state index contributed by atoms with van der Waals surface area (Å²) in [5.41, 5.74) is 4.08. The second kappa shape index (κ2) is 7.53. The molecule has 1 heterocycles. The van der Waals surface area contributed by atoms with Crippen molar-refractivity contribution in [2.75, 3.05) is 11.1 Å². The number of carbonyl (C=O) groups excluding carboxylic acids is 1. The van der Waals surface area contributed by atoms with Crippen LogP contribution in [0.5, 0.6) is 0 Å². The van der Waals surface area contributed by atoms with E-state index in [1.807, 2.05) is 43.3 Å². The molecule has 0 unspecified atom stereocenters. The second-order valence-electron chi connectivity index (χ2n) is 5.59. The number of halogens is 1. The third-order valence-corrected chi connectivity index (χ3v) is 5.30. The maximum Gasteiger partial charge on any atom is 0.234 e. The summed E-state index contributed by atoms with van der Waals surface area (Å²) < 4.78 is 1.16. The first-order valence-electron chi connectivity index (χ1n) is 7.58. The number of hydrogen-bond donors (Lipinski definition) is 1. The van der Waals surface area contributed by atoms with E-state index in [1.54, 1.807) is 0 Å². The normalized spacial score (nSPS) is 10.8. The molecule has 1 aromatic heterocycles. The zero-order valence-electron chi connectivity index (χ0n) is 13.5. The SMILES string of the molecule is Cc1cc(I)ccc1NC(=O)CSc1cc(C)c2ccccc2n1. The topological polar surface area (TPSA) is 42.0 Å². The minimum atomic E-state index is -0.0167. The second-order valence-corrected chi connectivity index (χ2v) is 7.83. The summed E-state index contributed by atoms with van der Waals surface area (Å²) in [6.07, 6.45) is 0. The molecule has 3 nitrogen and oxygen atoms in total. The van der Waals surface area contributed by atoms with Crippen molar-refractivity contribution in [2.24, 2.45) is 0 Å². The maximum absolute atomic E-state index is 12.2. The Morgan fingerprint density at radius 2 is 1.92 bits per heavy atom. The number of carbonyl (C=O) groups is 1. The molecule has 3 rings (SSSR count). The Morgan fingerprint density at radius 3 is 2.71 bits per heavy atom. The van der Waals surface area contributed by atoms with Gasteiger partial charge in [-0.1, -0.05) is 30.0 Å². The van der Waals surface area contributed by atoms with Gasteiger partial charge in [-0.15, -0.1) is 0 Å². The molecule has 5 heteroatoms. The third-order valence-electron chi connectivity index (χ3n) is 3.71. The Hall–Kier alpha value is -1.60. The highest BCUT2D eigenvalue weighted by molar-refractivity contribution is 14.1. The van der Waals surface area contributed by atoms with Crippen LogP contribution in [0.15, 0.2) is 53.6 Å². The molecule has 1 N–H and O–H groups in total. The van der Waals surface area contributed by atoms with Crippen molar-refractivity contribution < 1.29 is 4.79 Å². The van der Waals surface area contributed by atoms with Crippen LogP contribution in [0.1, 0.15) is 11.1 Å². The maximum atomic E-state index is 12.2. The first-order valence-corrected chi connectivity index (χ1v) is 9.64. The first-order chi connectivity index (χ1) is 11.5. The number of fused-ring (bicyclic) bond motifs is 1. The van der Waals surface area contributed by atoms with Gasteiger partial charge in [0, 0.05) is 14.6 Å². The van der Waals surface area contributed by atoms with E-state index in [2.05, 4.69) is 51.9 Å². The van der Waals surface area contributed by atoms with Crippen LogP contribution in [-0.2, 0) is 4.79 Å². The van der Waals surface area contributed by atoms with Gasteiger partial charge in [0.05, 0.1) is 16.3 Å². The van der Waals surface area contributed by atoms with Gasteiger partial charge in [0.2, 0.25) is 5.91 Å². The van der Waals surface area contributed by atoms with Crippen LogP contribution in [0.2, 0.25) is 0 Å². The van der Waals surface area contributed by atoms with E-state index in [4.69, 9.17) is 0 Å². The number of aromatic nitrogens is 1. The molecule has 0 bridgehead atoms. The summed E-state index contributed by atoms with van der Waals surface area (Å²) >= 11 is 3.73. The summed E-state index contributed by atoms with van der Waals surface area (Å²) in [6, 6.07) is 16.1. The monoisotopic (exact) mass is 448 g/mol. The Bertz CT molecular complexity index is 911. The van der Waals surface area contributed by atoms with Crippen molar-refractivity contribution in [3.8, 4) is 0 Å². The zero-order valence-corrected chi connectivity index (χ0v) is 16.4. The largest absolute Gasteiger partial charge is 0.325 e. The number of amides is 1. The van der Waals surface area contributed by atoms with E-state index < -0.39 is 0 Å². The van der Waals surface area contributed by atoms with Gasteiger partial charge >= 0.3 is 0 Å². The van der Waals surface area contributed by atoms with Gasteiger partial charge in [-0.05, 0) is 77.9 Å². The summed E-state index contributed by atoms with van der Waals surface area (Å²) in [5.74, 6) is 0.327. The standard InChI is InChI=1S/C19H17IN2OS/c1-12-10-19(22-17-6-4-3-5-15(12)17)24-11-18(23)21-16-8-7-14(20)9-13(16)2/h3-10H,11H2,1-2H3,(H,21,23). The molecule has 0 saturated heterocycles. The number of pyridine rings is 1. The third kappa shape index (κ3) is 4.08. The van der Waals surface area contributed by atoms with E-state index in [-0.39, 0.29) is 5.91 Å². The van der Waals surface area contributed by atoms with E-state index in [1.165, 1.54) is 17.3 Å². The van der Waals surface area contributed by atoms with Gasteiger partial charge in [0.15, 0.2) is 0 Å². The number of nitrogens with one attached hydrogen (secondary N) is 1. The highest BCUT2D eigenvalue weighted by Crippen LogP contribution is 2.24. The van der Waals surface area contributed by atoms with Crippen LogP contribution in [0.25, 0.3) is 10.9 Å². The van der Waals surface area contributed by atoms with Gasteiger partial charge in [0.25, 0.3) is 0 Å². The van der Waals surface area contributed by atoms with Crippen LogP contribution < -0.4 is 5.32 Å². The molecule has 0 aliphatic rings. The number of aryl methyl sites for hydroxylation is 2. The fraction of sp³-hybridized carbons (Fsp3) is 0.158. The van der Waals surface area contributed by atoms with Gasteiger partial charge in [-0.25, -0.2) is 4.98 Å². The fourth-order valence-electron chi connectivity index (χ4n) is 2.49. The lowest BCUT2D eigenvalue weighted by Crippen LogP contribution is -2.15. The number of anilines is 1. The molecule has 24 heavy (non-hydrogen) atoms. The van der Waals surface area contributed by atoms with E-state index in [9.17, 15) is 4.79 Å². The van der Waals surface area contributed by atoms with Crippen molar-refractivity contribution in [1.82, 2.24) is 4.98 Å². The Kier molecular flexibility index (Phi) is 5.40. The molecule has 122 valence electrons. The quantitative estimate of drug-likeness (QED) is 0.442. The molecule has 3 aromatic rings. The van der Waals surface area contributed by atoms with Crippen LogP contribution >= 0.6 is 34.4 Å². The molecule has 0 aliphatic heterocycles. The Labute approximate surface area is 159 Å². The van der Waals surface area contributed by atoms with Crippen molar-refractivity contribution in [1.29, 1.82) is 0 Å². The molecule has 0 atom stereocenters. The van der Waals surface area contributed by atoms with Crippen molar-refractivity contribution in [3.05, 3.63) is 63.2 Å². The molecule has 1 amide bonds. The lowest BCUT2D eigenvalue weighted by molar-refractivity contribution is -0.113. The molecular weight excluding hydrogens is 431 g/mol. The van der Waals surface area contributed by atoms with Gasteiger partial charge in [-0.2, -0.15) is 0 Å². The summed E-state index contributed by atoms with van der Waals surface area (Å²) in [6.45, 7) is 4.07. The van der Waals surface area contributed by atoms with Crippen LogP contribution in [-0.4, -0.2) is 16.6 Å². The van der Waals surface area contributed by atoms with E-state index in [0.717, 1.165) is 30.7 Å². The smallest absolute Gasteiger partial charge is 0.234 e. The molecule has 0 radical (unpaired) electrons. The predicted molar refractivity (Wildman–Crippen MR) is 110 cm³/mol. The first kappa shape index (κ1) is 17.2. The number of nitrogens with zero attached hydrogens (tertiary/aromatic N) is 1. The van der Waals surface area contributed by atoms with Gasteiger partial charge in [0.1, 0.15) is 0 Å². The minimum Gasteiger partial charge on any atom is -0.325 e. The molecule has 2 aromatic carbocycles. The highest BCUT2D eigenvalue weighted by atomic mass is 127. The molecule has 0 spiro atoms. The molecule has 0 saturated carbocycles. The van der Waals surface area contributed by atoms with Crippen LogP contribution in [0.4, 0.5) is 5.69 Å². The van der Waals surface area contributed by atoms with E-state index in [0.29, 0.717) is 5.75 Å². The van der Waals surface area contributed by atoms with Crippen molar-refractivity contribution >= 4 is 56.9 Å². The Morgan fingerprint density at radius 1 is 1.12 bits per heavy atom. The van der Waals surface area contributed by atoms with Crippen molar-refractivity contribution in [2.45, 2.75) is 18.9 Å². The Balaban J connectivity index is 1.68. The number of benzene rings is 2. The molecule has 0 aliphatic carbocycles. The van der Waals surface area contributed by atoms with Gasteiger partial charge < -0.3 is 5.32 Å². The number of hydrogen-bond acceptors (Lipinski definition) is 3. The van der Waals surface area contributed by atoms with Crippen LogP contribution in [0, 0.1) is 17.4 Å². The number of rotatable bonds is 4. The molecule has 0 fully saturated rings. The van der Waals surface area contributed by atoms with Crippen molar-refractivity contribution in [3.63, 3.8) is 0 Å². The average molecular weight is 448 g/mol. The van der Waals surface area contributed by atoms with Gasteiger partial charge in [-0.3, -0.25) is 4.79 Å². The summed E-state index contributed by atoms with van der Waals surface area (Å²) in [4.78, 5) is 16.8. The predicted octanol–water partition coefficient (Wildman–Crippen LogP) is 5.19. The average Bonchev–Trinajstić information content (AvgIpc) is 2.56. The lowest BCUT2D eigenvalue weighted by Gasteiger charge is -2.09. The summed E-state index contributed by atoms with van der Waals surface area (Å²) in [5, 5.41) is 5.00. The number of para-hydroxylation sites is 1. The lowest BCUT2D eigenvalue weighted by atomic mass is 10.1. The highest BCUT2D eigenvalue weighted by Gasteiger charge is 2.08. The van der Waals surface area contributed by atoms with Crippen LogP contribution in [0.3, 0.4) is 0 Å². The zero-order chi connectivity index (χ0) is 17.1. The fourth-order valence-corrected chi connectivity index (χ4v) is 3.91.